The van der Waals surface area contributed by atoms with E-state index in [1.165, 1.54) is 0 Å². The van der Waals surface area contributed by atoms with Gasteiger partial charge in [-0.1, -0.05) is 109 Å². The smallest absolute Gasteiger partial charge is 0.226 e. The molecule has 0 unspecified atom stereocenters. The first-order chi connectivity index (χ1) is 24.6. The van der Waals surface area contributed by atoms with Crippen LogP contribution >= 0.6 is 0 Å². The Kier molecular flexibility index (Phi) is 6.34. The molecule has 0 saturated heterocycles. The van der Waals surface area contributed by atoms with Gasteiger partial charge in [-0.3, -0.25) is 0 Å². The van der Waals surface area contributed by atoms with E-state index in [0.29, 0.717) is 11.1 Å². The van der Waals surface area contributed by atoms with Crippen LogP contribution in [0.25, 0.3) is 86.9 Å². The van der Waals surface area contributed by atoms with E-state index in [0.717, 1.165) is 88.3 Å². The van der Waals surface area contributed by atoms with Gasteiger partial charge in [-0.05, 0) is 113 Å². The number of hydrogen-bond donors (Lipinski definition) is 0. The van der Waals surface area contributed by atoms with Gasteiger partial charge in [0.1, 0.15) is 0 Å². The molecular formula is C46H22N4. The summed E-state index contributed by atoms with van der Waals surface area (Å²) in [6, 6.07) is 49.9. The maximum atomic E-state index is 10.2. The zero-order valence-electron chi connectivity index (χ0n) is 26.5. The molecule has 226 valence electrons. The molecule has 0 saturated carbocycles. The monoisotopic (exact) mass is 630 g/mol. The fourth-order valence-electron chi connectivity index (χ4n) is 7.79. The minimum atomic E-state index is 0.0270. The SMILES string of the molecule is [C-]#[N+]/C(C#N)=C1/c2cc(-c3cccc4ccccc34)ccc2-c2cc3c(cc21)-c1ccc(-c2cccc4ccccc24)cc1/C3=C(/C#N)[N+]#[C-]. The molecule has 4 nitrogen and oxygen atoms in total. The van der Waals surface area contributed by atoms with Crippen LogP contribution in [-0.2, 0) is 0 Å². The van der Waals surface area contributed by atoms with Crippen molar-refractivity contribution >= 4 is 32.7 Å². The number of allylic oxidation sites excluding steroid dienone is 2. The fraction of sp³-hybridized carbons (Fsp3) is 0. The van der Waals surface area contributed by atoms with Gasteiger partial charge in [0, 0.05) is 11.1 Å². The predicted octanol–water partition coefficient (Wildman–Crippen LogP) is 11.7. The third kappa shape index (κ3) is 4.08. The van der Waals surface area contributed by atoms with Gasteiger partial charge in [0.25, 0.3) is 11.4 Å². The Morgan fingerprint density at radius 1 is 0.400 bits per heavy atom. The van der Waals surface area contributed by atoms with Crippen LogP contribution in [0.1, 0.15) is 22.3 Å². The highest BCUT2D eigenvalue weighted by molar-refractivity contribution is 6.12. The topological polar surface area (TPSA) is 56.3 Å². The van der Waals surface area contributed by atoms with E-state index in [1.54, 1.807) is 0 Å². The van der Waals surface area contributed by atoms with Crippen LogP contribution in [-0.4, -0.2) is 0 Å². The second-order valence-corrected chi connectivity index (χ2v) is 12.4. The standard InChI is InChI=1S/C46H22N4/c1-49-43(25-47)45-39-21-29(33-15-7-11-27-9-3-5-13-31(27)33)17-19-35(39)37-24-42-38(23-41(37)45)36-20-18-30(22-40(36)46(42)44(26-48)50-2)34-16-8-12-28-10-4-6-14-32(28)34/h3-24H/b45-43-,46-44+. The van der Waals surface area contributed by atoms with Gasteiger partial charge in [0.05, 0.1) is 25.3 Å². The molecule has 0 aliphatic heterocycles. The maximum absolute atomic E-state index is 10.2. The van der Waals surface area contributed by atoms with Crippen molar-refractivity contribution in [3.8, 4) is 56.6 Å². The number of benzene rings is 7. The molecule has 2 aliphatic carbocycles. The van der Waals surface area contributed by atoms with Crippen molar-refractivity contribution in [2.45, 2.75) is 0 Å². The van der Waals surface area contributed by atoms with E-state index in [1.807, 2.05) is 48.5 Å². The highest BCUT2D eigenvalue weighted by Crippen LogP contribution is 2.54. The van der Waals surface area contributed by atoms with Crippen molar-refractivity contribution in [3.63, 3.8) is 0 Å². The van der Waals surface area contributed by atoms with Crippen LogP contribution in [0.2, 0.25) is 0 Å². The predicted molar refractivity (Wildman–Crippen MR) is 200 cm³/mol. The molecule has 7 aromatic carbocycles. The zero-order chi connectivity index (χ0) is 33.9. The highest BCUT2D eigenvalue weighted by Gasteiger charge is 2.34. The average Bonchev–Trinajstić information content (AvgIpc) is 3.65. The third-order valence-electron chi connectivity index (χ3n) is 9.96. The Labute approximate surface area is 289 Å². The Morgan fingerprint density at radius 3 is 1.22 bits per heavy atom. The van der Waals surface area contributed by atoms with Crippen molar-refractivity contribution in [2.75, 3.05) is 0 Å². The fourth-order valence-corrected chi connectivity index (χ4v) is 7.79. The summed E-state index contributed by atoms with van der Waals surface area (Å²) >= 11 is 0. The molecule has 0 atom stereocenters. The summed E-state index contributed by atoms with van der Waals surface area (Å²) in [6.07, 6.45) is 0. The lowest BCUT2D eigenvalue weighted by Gasteiger charge is -2.11. The number of fused-ring (bicyclic) bond motifs is 8. The van der Waals surface area contributed by atoms with Crippen LogP contribution in [0, 0.1) is 35.8 Å². The van der Waals surface area contributed by atoms with Crippen LogP contribution in [0.15, 0.2) is 145 Å². The van der Waals surface area contributed by atoms with Gasteiger partial charge < -0.3 is 0 Å². The molecule has 7 aromatic rings. The van der Waals surface area contributed by atoms with E-state index < -0.39 is 0 Å². The summed E-state index contributed by atoms with van der Waals surface area (Å²) in [6.45, 7) is 15.9. The van der Waals surface area contributed by atoms with Crippen LogP contribution in [0.5, 0.6) is 0 Å². The molecule has 2 aliphatic rings. The van der Waals surface area contributed by atoms with Gasteiger partial charge in [-0.2, -0.15) is 0 Å². The van der Waals surface area contributed by atoms with Gasteiger partial charge in [0.15, 0.2) is 0 Å². The van der Waals surface area contributed by atoms with Crippen molar-refractivity contribution in [1.29, 1.82) is 10.5 Å². The highest BCUT2D eigenvalue weighted by atomic mass is 14.7. The molecule has 9 rings (SSSR count). The normalized spacial score (nSPS) is 14.0. The minimum Gasteiger partial charge on any atom is -0.226 e. The molecule has 4 heteroatoms. The second-order valence-electron chi connectivity index (χ2n) is 12.4. The Morgan fingerprint density at radius 2 is 0.800 bits per heavy atom. The lowest BCUT2D eigenvalue weighted by Crippen LogP contribution is -1.90. The molecule has 0 aromatic heterocycles. The van der Waals surface area contributed by atoms with Gasteiger partial charge in [0.2, 0.25) is 0 Å². The number of nitrogens with zero attached hydrogens (tertiary/aromatic N) is 4. The first-order valence-electron chi connectivity index (χ1n) is 16.1. The Balaban J connectivity index is 1.28. The van der Waals surface area contributed by atoms with Crippen molar-refractivity contribution in [2.24, 2.45) is 0 Å². The molecule has 0 spiro atoms. The maximum Gasteiger partial charge on any atom is 0.270 e. The Hall–Kier alpha value is -7.50. The number of nitriles is 2. The van der Waals surface area contributed by atoms with Crippen molar-refractivity contribution in [1.82, 2.24) is 0 Å². The molecule has 0 bridgehead atoms. The van der Waals surface area contributed by atoms with Crippen LogP contribution in [0.3, 0.4) is 0 Å². The molecule has 0 N–H and O–H groups in total. The molecule has 0 fully saturated rings. The summed E-state index contributed by atoms with van der Waals surface area (Å²) in [5, 5.41) is 24.9. The second kappa shape index (κ2) is 11.0. The number of hydrogen-bond acceptors (Lipinski definition) is 2. The summed E-state index contributed by atoms with van der Waals surface area (Å²) < 4.78 is 0. The molecule has 0 radical (unpaired) electrons. The quantitative estimate of drug-likeness (QED) is 0.141. The summed E-state index contributed by atoms with van der Waals surface area (Å²) in [7, 11) is 0. The van der Waals surface area contributed by atoms with E-state index >= 15 is 0 Å². The van der Waals surface area contributed by atoms with Crippen LogP contribution in [0.4, 0.5) is 0 Å². The molecule has 50 heavy (non-hydrogen) atoms. The first-order valence-corrected chi connectivity index (χ1v) is 16.1. The van der Waals surface area contributed by atoms with Gasteiger partial charge >= 0.3 is 0 Å². The van der Waals surface area contributed by atoms with Crippen LogP contribution < -0.4 is 0 Å². The lowest BCUT2D eigenvalue weighted by atomic mass is 9.93. The van der Waals surface area contributed by atoms with E-state index in [9.17, 15) is 10.5 Å². The summed E-state index contributed by atoms with van der Waals surface area (Å²) in [4.78, 5) is 7.39. The van der Waals surface area contributed by atoms with Gasteiger partial charge in [-0.25, -0.2) is 20.2 Å². The average molecular weight is 631 g/mol. The zero-order valence-corrected chi connectivity index (χ0v) is 26.5. The largest absolute Gasteiger partial charge is 0.270 e. The summed E-state index contributed by atoms with van der Waals surface area (Å²) in [5.41, 5.74) is 12.2. The molecule has 0 amide bonds. The third-order valence-corrected chi connectivity index (χ3v) is 9.96. The van der Waals surface area contributed by atoms with Crippen molar-refractivity contribution in [3.05, 3.63) is 190 Å². The van der Waals surface area contributed by atoms with Gasteiger partial charge in [-0.15, -0.1) is 0 Å². The van der Waals surface area contributed by atoms with E-state index in [2.05, 4.69) is 107 Å². The number of rotatable bonds is 2. The Bertz CT molecular complexity index is 2670. The lowest BCUT2D eigenvalue weighted by molar-refractivity contribution is 1.49. The molecular weight excluding hydrogens is 609 g/mol. The summed E-state index contributed by atoms with van der Waals surface area (Å²) in [5.74, 6) is 0. The van der Waals surface area contributed by atoms with E-state index in [4.69, 9.17) is 13.1 Å². The molecule has 0 heterocycles. The first kappa shape index (κ1) is 28.7. The van der Waals surface area contributed by atoms with Crippen molar-refractivity contribution < 1.29 is 0 Å². The minimum absolute atomic E-state index is 0.0270. The van der Waals surface area contributed by atoms with E-state index in [-0.39, 0.29) is 11.4 Å².